The lowest BCUT2D eigenvalue weighted by Crippen LogP contribution is -2.45. The Bertz CT molecular complexity index is 319. The van der Waals surface area contributed by atoms with Gasteiger partial charge in [0.2, 0.25) is 0 Å². The van der Waals surface area contributed by atoms with Crippen LogP contribution in [0.5, 0.6) is 0 Å². The molecular weight excluding hydrogens is 387 g/mol. The molecule has 0 aromatic heterocycles. The van der Waals surface area contributed by atoms with E-state index in [9.17, 15) is 0 Å². The fourth-order valence-electron chi connectivity index (χ4n) is 3.35. The van der Waals surface area contributed by atoms with E-state index in [-0.39, 0.29) is 24.0 Å². The Morgan fingerprint density at radius 2 is 1.73 bits per heavy atom. The predicted molar refractivity (Wildman–Crippen MR) is 106 cm³/mol. The van der Waals surface area contributed by atoms with Gasteiger partial charge in [-0.3, -0.25) is 4.99 Å². The molecule has 0 unspecified atom stereocenters. The van der Waals surface area contributed by atoms with Gasteiger partial charge in [0.05, 0.1) is 0 Å². The lowest BCUT2D eigenvalue weighted by Gasteiger charge is -2.33. The molecule has 0 aromatic rings. The molecule has 0 radical (unpaired) electrons. The van der Waals surface area contributed by atoms with Gasteiger partial charge in [-0.15, -0.1) is 24.0 Å². The molecule has 0 aliphatic carbocycles. The van der Waals surface area contributed by atoms with Crippen molar-refractivity contribution >= 4 is 29.9 Å². The van der Waals surface area contributed by atoms with Gasteiger partial charge in [0.1, 0.15) is 0 Å². The zero-order valence-electron chi connectivity index (χ0n) is 14.7. The SMILES string of the molecule is CCNC(=NCCC1CCN(C)CC1)N1CCC(C)CC1.I. The molecule has 2 heterocycles. The average Bonchev–Trinajstić information content (AvgIpc) is 2.49. The maximum absolute atomic E-state index is 4.89. The summed E-state index contributed by atoms with van der Waals surface area (Å²) in [5.74, 6) is 2.91. The molecule has 0 saturated carbocycles. The molecule has 2 fully saturated rings. The van der Waals surface area contributed by atoms with Gasteiger partial charge < -0.3 is 15.1 Å². The Morgan fingerprint density at radius 3 is 2.32 bits per heavy atom. The largest absolute Gasteiger partial charge is 0.357 e. The third kappa shape index (κ3) is 6.60. The van der Waals surface area contributed by atoms with Crippen molar-refractivity contribution in [1.82, 2.24) is 15.1 Å². The van der Waals surface area contributed by atoms with Crippen molar-refractivity contribution in [3.8, 4) is 0 Å². The van der Waals surface area contributed by atoms with Crippen LogP contribution in [0.4, 0.5) is 0 Å². The van der Waals surface area contributed by atoms with Crippen molar-refractivity contribution < 1.29 is 0 Å². The number of hydrogen-bond donors (Lipinski definition) is 1. The van der Waals surface area contributed by atoms with Crippen LogP contribution in [0.2, 0.25) is 0 Å². The van der Waals surface area contributed by atoms with Crippen LogP contribution in [-0.4, -0.2) is 62.1 Å². The minimum absolute atomic E-state index is 0. The predicted octanol–water partition coefficient (Wildman–Crippen LogP) is 3.03. The molecule has 0 atom stereocenters. The summed E-state index contributed by atoms with van der Waals surface area (Å²) in [6.07, 6.45) is 6.57. The lowest BCUT2D eigenvalue weighted by atomic mass is 9.94. The first-order valence-corrected chi connectivity index (χ1v) is 8.90. The van der Waals surface area contributed by atoms with Gasteiger partial charge in [-0.25, -0.2) is 0 Å². The molecule has 0 spiro atoms. The molecule has 1 N–H and O–H groups in total. The summed E-state index contributed by atoms with van der Waals surface area (Å²) in [5, 5.41) is 3.48. The second-order valence-electron chi connectivity index (χ2n) is 6.94. The topological polar surface area (TPSA) is 30.9 Å². The van der Waals surface area contributed by atoms with E-state index in [1.807, 2.05) is 0 Å². The van der Waals surface area contributed by atoms with Crippen molar-refractivity contribution in [2.45, 2.75) is 46.0 Å². The summed E-state index contributed by atoms with van der Waals surface area (Å²) in [7, 11) is 2.23. The van der Waals surface area contributed by atoms with E-state index in [0.29, 0.717) is 0 Å². The minimum Gasteiger partial charge on any atom is -0.357 e. The quantitative estimate of drug-likeness (QED) is 0.429. The molecule has 0 bridgehead atoms. The number of nitrogens with one attached hydrogen (secondary N) is 1. The summed E-state index contributed by atoms with van der Waals surface area (Å²) >= 11 is 0. The highest BCUT2D eigenvalue weighted by molar-refractivity contribution is 14.0. The summed E-state index contributed by atoms with van der Waals surface area (Å²) in [6, 6.07) is 0. The van der Waals surface area contributed by atoms with E-state index in [2.05, 4.69) is 36.0 Å². The molecule has 22 heavy (non-hydrogen) atoms. The van der Waals surface area contributed by atoms with Gasteiger partial charge >= 0.3 is 0 Å². The molecule has 2 aliphatic heterocycles. The minimum atomic E-state index is 0. The van der Waals surface area contributed by atoms with Crippen LogP contribution in [0, 0.1) is 11.8 Å². The van der Waals surface area contributed by atoms with Gasteiger partial charge in [0, 0.05) is 26.2 Å². The molecule has 4 nitrogen and oxygen atoms in total. The van der Waals surface area contributed by atoms with E-state index < -0.39 is 0 Å². The third-order valence-corrected chi connectivity index (χ3v) is 5.06. The van der Waals surface area contributed by atoms with Crippen LogP contribution >= 0.6 is 24.0 Å². The molecular formula is C17H35IN4. The molecule has 0 amide bonds. The first kappa shape index (κ1) is 20.0. The van der Waals surface area contributed by atoms with Gasteiger partial charge in [0.25, 0.3) is 0 Å². The highest BCUT2D eigenvalue weighted by Gasteiger charge is 2.19. The summed E-state index contributed by atoms with van der Waals surface area (Å²) in [5.41, 5.74) is 0. The Hall–Kier alpha value is -0.0400. The van der Waals surface area contributed by atoms with Crippen LogP contribution in [0.1, 0.15) is 46.0 Å². The Kier molecular flexibility index (Phi) is 9.71. The van der Waals surface area contributed by atoms with Crippen LogP contribution in [-0.2, 0) is 0 Å². The molecule has 2 rings (SSSR count). The number of piperidine rings is 2. The van der Waals surface area contributed by atoms with Gasteiger partial charge in [-0.05, 0) is 71.0 Å². The van der Waals surface area contributed by atoms with Crippen molar-refractivity contribution in [3.63, 3.8) is 0 Å². The van der Waals surface area contributed by atoms with Crippen LogP contribution < -0.4 is 5.32 Å². The smallest absolute Gasteiger partial charge is 0.193 e. The number of rotatable bonds is 4. The average molecular weight is 422 g/mol. The van der Waals surface area contributed by atoms with E-state index in [4.69, 9.17) is 4.99 Å². The normalized spacial score (nSPS) is 22.5. The third-order valence-electron chi connectivity index (χ3n) is 5.06. The fourth-order valence-corrected chi connectivity index (χ4v) is 3.35. The maximum Gasteiger partial charge on any atom is 0.193 e. The Morgan fingerprint density at radius 1 is 1.09 bits per heavy atom. The second-order valence-corrected chi connectivity index (χ2v) is 6.94. The number of nitrogens with zero attached hydrogens (tertiary/aromatic N) is 3. The van der Waals surface area contributed by atoms with Crippen molar-refractivity contribution in [3.05, 3.63) is 0 Å². The Labute approximate surface area is 154 Å². The van der Waals surface area contributed by atoms with E-state index in [1.165, 1.54) is 58.3 Å². The molecule has 2 saturated heterocycles. The van der Waals surface area contributed by atoms with Crippen LogP contribution in [0.15, 0.2) is 4.99 Å². The zero-order chi connectivity index (χ0) is 15.1. The van der Waals surface area contributed by atoms with Gasteiger partial charge in [-0.2, -0.15) is 0 Å². The number of aliphatic imine (C=N–C) groups is 1. The first-order chi connectivity index (χ1) is 10.2. The highest BCUT2D eigenvalue weighted by atomic mass is 127. The van der Waals surface area contributed by atoms with Gasteiger partial charge in [-0.1, -0.05) is 6.92 Å². The Balaban J connectivity index is 0.00000242. The number of guanidine groups is 1. The van der Waals surface area contributed by atoms with E-state index >= 15 is 0 Å². The van der Waals surface area contributed by atoms with Crippen LogP contribution in [0.25, 0.3) is 0 Å². The van der Waals surface area contributed by atoms with E-state index in [1.54, 1.807) is 0 Å². The molecule has 130 valence electrons. The molecule has 5 heteroatoms. The van der Waals surface area contributed by atoms with Gasteiger partial charge in [0.15, 0.2) is 5.96 Å². The lowest BCUT2D eigenvalue weighted by molar-refractivity contribution is 0.214. The summed E-state index contributed by atoms with van der Waals surface area (Å²) in [6.45, 7) is 11.3. The zero-order valence-corrected chi connectivity index (χ0v) is 17.0. The van der Waals surface area contributed by atoms with Crippen molar-refractivity contribution in [2.24, 2.45) is 16.8 Å². The van der Waals surface area contributed by atoms with Crippen molar-refractivity contribution in [1.29, 1.82) is 0 Å². The molecule has 2 aliphatic rings. The second kappa shape index (κ2) is 10.7. The van der Waals surface area contributed by atoms with Crippen LogP contribution in [0.3, 0.4) is 0 Å². The standard InChI is InChI=1S/C17H34N4.HI/c1-4-18-17(21-13-6-15(2)7-14-21)19-10-5-16-8-11-20(3)12-9-16;/h15-16H,4-14H2,1-3H3,(H,18,19);1H. The highest BCUT2D eigenvalue weighted by Crippen LogP contribution is 2.20. The van der Waals surface area contributed by atoms with Crippen molar-refractivity contribution in [2.75, 3.05) is 46.3 Å². The monoisotopic (exact) mass is 422 g/mol. The number of halogens is 1. The fraction of sp³-hybridized carbons (Fsp3) is 0.941. The summed E-state index contributed by atoms with van der Waals surface area (Å²) < 4.78 is 0. The molecule has 0 aromatic carbocycles. The summed E-state index contributed by atoms with van der Waals surface area (Å²) in [4.78, 5) is 9.79. The van der Waals surface area contributed by atoms with E-state index in [0.717, 1.165) is 30.9 Å². The maximum atomic E-state index is 4.89. The number of likely N-dealkylation sites (tertiary alicyclic amines) is 2. The number of hydrogen-bond acceptors (Lipinski definition) is 2. The first-order valence-electron chi connectivity index (χ1n) is 8.90.